The highest BCUT2D eigenvalue weighted by Gasteiger charge is 2.35. The molecule has 1 heterocycles. The molecule has 18 heavy (non-hydrogen) atoms. The van der Waals surface area contributed by atoms with Crippen molar-refractivity contribution in [3.05, 3.63) is 0 Å². The minimum absolute atomic E-state index is 0.192. The molecule has 0 aromatic rings. The number of rotatable bonds is 4. The Morgan fingerprint density at radius 3 is 2.61 bits per heavy atom. The summed E-state index contributed by atoms with van der Waals surface area (Å²) in [7, 11) is 0. The second-order valence-electron chi connectivity index (χ2n) is 5.30. The summed E-state index contributed by atoms with van der Waals surface area (Å²) in [6.07, 6.45) is 7.43. The molecule has 1 aliphatic heterocycles. The molecule has 0 aromatic heterocycles. The molecule has 0 radical (unpaired) electrons. The Balaban J connectivity index is 1.85. The van der Waals surface area contributed by atoms with Crippen LogP contribution in [0.15, 0.2) is 0 Å². The molecule has 2 fully saturated rings. The zero-order valence-electron chi connectivity index (χ0n) is 10.8. The molecular weight excluding hydrogens is 248 g/mol. The van der Waals surface area contributed by atoms with Gasteiger partial charge in [-0.15, -0.1) is 11.8 Å². The van der Waals surface area contributed by atoms with Crippen LogP contribution in [-0.2, 0) is 9.59 Å². The number of carbonyl (C=O) groups is 2. The average molecular weight is 270 g/mol. The maximum Gasteiger partial charge on any atom is 0.232 e. The van der Waals surface area contributed by atoms with E-state index in [1.54, 1.807) is 0 Å². The summed E-state index contributed by atoms with van der Waals surface area (Å²) in [5.74, 6) is 1.21. The van der Waals surface area contributed by atoms with Crippen molar-refractivity contribution in [2.45, 2.75) is 44.6 Å². The van der Waals surface area contributed by atoms with Gasteiger partial charge in [-0.1, -0.05) is 12.8 Å². The number of amides is 2. The molecule has 4 nitrogen and oxygen atoms in total. The molecule has 1 saturated heterocycles. The van der Waals surface area contributed by atoms with Gasteiger partial charge in [0.1, 0.15) is 0 Å². The smallest absolute Gasteiger partial charge is 0.232 e. The van der Waals surface area contributed by atoms with Gasteiger partial charge in [0.25, 0.3) is 0 Å². The van der Waals surface area contributed by atoms with Crippen LogP contribution in [-0.4, -0.2) is 40.8 Å². The second kappa shape index (κ2) is 6.45. The van der Waals surface area contributed by atoms with Crippen molar-refractivity contribution in [3.63, 3.8) is 0 Å². The third kappa shape index (κ3) is 3.40. The molecule has 0 bridgehead atoms. The highest BCUT2D eigenvalue weighted by atomic mass is 32.2. The highest BCUT2D eigenvalue weighted by molar-refractivity contribution is 8.00. The number of piperidine rings is 1. The Bertz CT molecular complexity index is 320. The van der Waals surface area contributed by atoms with Crippen LogP contribution in [0.5, 0.6) is 0 Å². The van der Waals surface area contributed by atoms with E-state index in [-0.39, 0.29) is 17.6 Å². The van der Waals surface area contributed by atoms with Crippen LogP contribution in [0, 0.1) is 5.92 Å². The minimum atomic E-state index is -0.345. The molecule has 2 atom stereocenters. The lowest BCUT2D eigenvalue weighted by atomic mass is 9.78. The topological polar surface area (TPSA) is 63.4 Å². The molecule has 5 heteroatoms. The molecule has 2 amide bonds. The van der Waals surface area contributed by atoms with Gasteiger partial charge in [0.2, 0.25) is 11.8 Å². The monoisotopic (exact) mass is 270 g/mol. The predicted octanol–water partition coefficient (Wildman–Crippen LogP) is 1.39. The first-order chi connectivity index (χ1) is 8.68. The third-order valence-electron chi connectivity index (χ3n) is 4.03. The molecule has 2 rings (SSSR count). The molecule has 2 aliphatic rings. The van der Waals surface area contributed by atoms with Gasteiger partial charge >= 0.3 is 0 Å². The van der Waals surface area contributed by atoms with Gasteiger partial charge in [-0.25, -0.2) is 0 Å². The van der Waals surface area contributed by atoms with E-state index in [4.69, 9.17) is 5.73 Å². The maximum atomic E-state index is 12.2. The summed E-state index contributed by atoms with van der Waals surface area (Å²) in [6, 6.07) is 0.467. The number of nitrogens with zero attached hydrogens (tertiary/aromatic N) is 1. The summed E-state index contributed by atoms with van der Waals surface area (Å²) in [4.78, 5) is 24.9. The van der Waals surface area contributed by atoms with Gasteiger partial charge in [0.05, 0.1) is 11.5 Å². The van der Waals surface area contributed by atoms with Crippen molar-refractivity contribution in [2.75, 3.05) is 18.1 Å². The van der Waals surface area contributed by atoms with Crippen LogP contribution in [0.4, 0.5) is 0 Å². The summed E-state index contributed by atoms with van der Waals surface area (Å²) >= 11 is 1.34. The molecule has 0 unspecified atom stereocenters. The first kappa shape index (κ1) is 13.7. The second-order valence-corrected chi connectivity index (χ2v) is 6.29. The number of hydrogen-bond donors (Lipinski definition) is 1. The fourth-order valence-electron chi connectivity index (χ4n) is 3.26. The lowest BCUT2D eigenvalue weighted by Crippen LogP contribution is -2.50. The third-order valence-corrected chi connectivity index (χ3v) is 4.97. The Kier molecular flexibility index (Phi) is 4.92. The van der Waals surface area contributed by atoms with Crippen molar-refractivity contribution >= 4 is 23.6 Å². The van der Waals surface area contributed by atoms with E-state index >= 15 is 0 Å². The van der Waals surface area contributed by atoms with Crippen LogP contribution >= 0.6 is 11.8 Å². The Hall–Kier alpha value is -0.710. The zero-order valence-corrected chi connectivity index (χ0v) is 11.6. The lowest BCUT2D eigenvalue weighted by Gasteiger charge is -2.44. The van der Waals surface area contributed by atoms with Crippen molar-refractivity contribution in [1.82, 2.24) is 4.90 Å². The maximum absolute atomic E-state index is 12.2. The van der Waals surface area contributed by atoms with Gasteiger partial charge in [-0.2, -0.15) is 0 Å². The van der Waals surface area contributed by atoms with E-state index in [1.165, 1.54) is 37.4 Å². The van der Waals surface area contributed by atoms with E-state index in [0.717, 1.165) is 25.3 Å². The van der Waals surface area contributed by atoms with E-state index in [1.807, 2.05) is 0 Å². The summed E-state index contributed by atoms with van der Waals surface area (Å²) in [6.45, 7) is 0.900. The van der Waals surface area contributed by atoms with Gasteiger partial charge in [0.15, 0.2) is 0 Å². The van der Waals surface area contributed by atoms with Crippen molar-refractivity contribution in [3.8, 4) is 0 Å². The fourth-order valence-corrected chi connectivity index (χ4v) is 3.90. The van der Waals surface area contributed by atoms with Crippen molar-refractivity contribution < 1.29 is 9.59 Å². The number of nitrogens with two attached hydrogens (primary N) is 1. The number of thioether (sulfide) groups is 1. The van der Waals surface area contributed by atoms with Gasteiger partial charge in [0, 0.05) is 12.6 Å². The summed E-state index contributed by atoms with van der Waals surface area (Å²) in [5.41, 5.74) is 5.08. The first-order valence-corrected chi connectivity index (χ1v) is 7.99. The predicted molar refractivity (Wildman–Crippen MR) is 73.2 cm³/mol. The van der Waals surface area contributed by atoms with Crippen molar-refractivity contribution in [2.24, 2.45) is 11.7 Å². The molecule has 1 aliphatic carbocycles. The highest BCUT2D eigenvalue weighted by Crippen LogP contribution is 2.35. The summed E-state index contributed by atoms with van der Waals surface area (Å²) < 4.78 is 0. The molecule has 102 valence electrons. The van der Waals surface area contributed by atoms with E-state index in [9.17, 15) is 9.59 Å². The van der Waals surface area contributed by atoms with Crippen LogP contribution in [0.1, 0.15) is 38.5 Å². The van der Waals surface area contributed by atoms with E-state index in [2.05, 4.69) is 4.90 Å². The van der Waals surface area contributed by atoms with Crippen LogP contribution in [0.3, 0.4) is 0 Å². The molecule has 2 N–H and O–H groups in total. The molecule has 1 saturated carbocycles. The summed E-state index contributed by atoms with van der Waals surface area (Å²) in [5, 5.41) is 0. The number of fused-ring (bicyclic) bond motifs is 1. The van der Waals surface area contributed by atoms with Gasteiger partial charge in [-0.3, -0.25) is 9.59 Å². The van der Waals surface area contributed by atoms with Gasteiger partial charge < -0.3 is 10.6 Å². The molecule has 0 aromatic carbocycles. The van der Waals surface area contributed by atoms with E-state index in [0.29, 0.717) is 11.8 Å². The van der Waals surface area contributed by atoms with Crippen LogP contribution < -0.4 is 5.73 Å². The van der Waals surface area contributed by atoms with Gasteiger partial charge in [-0.05, 0) is 31.6 Å². The molecular formula is C13H22N2O2S. The number of likely N-dealkylation sites (tertiary alicyclic amines) is 1. The van der Waals surface area contributed by atoms with Crippen LogP contribution in [0.25, 0.3) is 0 Å². The SMILES string of the molecule is NC(=O)CSCC(=O)N1CCC[C@@H]2CCCC[C@@H]21. The van der Waals surface area contributed by atoms with E-state index < -0.39 is 0 Å². The fraction of sp³-hybridized carbons (Fsp3) is 0.846. The number of carbonyl (C=O) groups excluding carboxylic acids is 2. The van der Waals surface area contributed by atoms with Crippen molar-refractivity contribution in [1.29, 1.82) is 0 Å². The first-order valence-electron chi connectivity index (χ1n) is 6.84. The normalized spacial score (nSPS) is 27.7. The zero-order chi connectivity index (χ0) is 13.0. The Labute approximate surface area is 113 Å². The standard InChI is InChI=1S/C13H22N2O2S/c14-12(16)8-18-9-13(17)15-7-3-5-10-4-1-2-6-11(10)15/h10-11H,1-9H2,(H2,14,16)/t10-,11-/m0/s1. The lowest BCUT2D eigenvalue weighted by molar-refractivity contribution is -0.134. The Morgan fingerprint density at radius 1 is 1.11 bits per heavy atom. The van der Waals surface area contributed by atoms with Crippen LogP contribution in [0.2, 0.25) is 0 Å². The molecule has 0 spiro atoms. The quantitative estimate of drug-likeness (QED) is 0.839. The number of hydrogen-bond acceptors (Lipinski definition) is 3. The largest absolute Gasteiger partial charge is 0.369 e. The Morgan fingerprint density at radius 2 is 1.83 bits per heavy atom. The average Bonchev–Trinajstić information content (AvgIpc) is 2.37. The minimum Gasteiger partial charge on any atom is -0.369 e. The number of primary amides is 1.